The molecule has 1 saturated heterocycles. The highest BCUT2D eigenvalue weighted by Gasteiger charge is 2.33. The first-order chi connectivity index (χ1) is 18.8. The van der Waals surface area contributed by atoms with Crippen LogP contribution in [-0.4, -0.2) is 46.1 Å². The molecule has 1 unspecified atom stereocenters. The van der Waals surface area contributed by atoms with E-state index in [1.807, 2.05) is 6.07 Å². The minimum absolute atomic E-state index is 0.0419. The summed E-state index contributed by atoms with van der Waals surface area (Å²) in [7, 11) is 0. The molecule has 12 heteroatoms. The number of non-ortho nitro benzene ring substituents is 2. The number of nitrogens with zero attached hydrogens (tertiary/aromatic N) is 4. The number of carbonyl (C=O) groups excluding carboxylic acids is 2. The van der Waals surface area contributed by atoms with E-state index in [1.165, 1.54) is 53.4 Å². The monoisotopic (exact) mass is 534 g/mol. The van der Waals surface area contributed by atoms with Gasteiger partial charge in [0.1, 0.15) is 13.2 Å². The molecule has 0 saturated carbocycles. The Morgan fingerprint density at radius 3 is 1.90 bits per heavy atom. The zero-order chi connectivity index (χ0) is 27.8. The molecule has 1 aliphatic rings. The number of nitro benzene ring substituents is 2. The van der Waals surface area contributed by atoms with E-state index in [1.54, 1.807) is 29.2 Å². The van der Waals surface area contributed by atoms with E-state index in [-0.39, 0.29) is 37.2 Å². The summed E-state index contributed by atoms with van der Waals surface area (Å²) < 4.78 is 11.0. The van der Waals surface area contributed by atoms with Crippen molar-refractivity contribution in [3.05, 3.63) is 110 Å². The van der Waals surface area contributed by atoms with Crippen LogP contribution >= 0.6 is 0 Å². The Morgan fingerprint density at radius 1 is 0.821 bits per heavy atom. The van der Waals surface area contributed by atoms with Crippen molar-refractivity contribution in [1.82, 2.24) is 4.90 Å². The zero-order valence-electron chi connectivity index (χ0n) is 20.9. The molecule has 202 valence electrons. The molecule has 3 aromatic rings. The number of amides is 2. The quantitative estimate of drug-likeness (QED) is 0.260. The van der Waals surface area contributed by atoms with Crippen LogP contribution in [0.2, 0.25) is 0 Å². The number of rotatable bonds is 9. The minimum Gasteiger partial charge on any atom is -0.445 e. The molecular weight excluding hydrogens is 508 g/mol. The Balaban J connectivity index is 1.40. The lowest BCUT2D eigenvalue weighted by Gasteiger charge is -2.30. The van der Waals surface area contributed by atoms with Gasteiger partial charge in [-0.2, -0.15) is 0 Å². The van der Waals surface area contributed by atoms with Crippen molar-refractivity contribution in [3.63, 3.8) is 0 Å². The first-order valence-electron chi connectivity index (χ1n) is 12.2. The van der Waals surface area contributed by atoms with E-state index in [0.29, 0.717) is 29.8 Å². The molecule has 0 aromatic heterocycles. The Kier molecular flexibility index (Phi) is 8.67. The van der Waals surface area contributed by atoms with Gasteiger partial charge in [-0.3, -0.25) is 25.1 Å². The standard InChI is InChI=1S/C27H26N4O8/c32-26(38-18-20-8-12-23(13-9-20)30(34)35)28-16-4-7-25(28)17-29(22-5-2-1-3-6-22)27(33)39-19-21-10-14-24(15-11-21)31(36)37/h1-3,5-6,8-15,25H,4,7,16-19H2. The Bertz CT molecular complexity index is 1320. The largest absolute Gasteiger partial charge is 0.445 e. The number of para-hydroxylation sites is 1. The second-order valence-corrected chi connectivity index (χ2v) is 8.89. The third kappa shape index (κ3) is 7.06. The molecule has 1 atom stereocenters. The highest BCUT2D eigenvalue weighted by Crippen LogP contribution is 2.24. The number of ether oxygens (including phenoxy) is 2. The van der Waals surface area contributed by atoms with Crippen LogP contribution < -0.4 is 4.90 Å². The zero-order valence-corrected chi connectivity index (χ0v) is 20.9. The number of carbonyl (C=O) groups is 2. The number of anilines is 1. The lowest BCUT2D eigenvalue weighted by atomic mass is 10.2. The van der Waals surface area contributed by atoms with Crippen LogP contribution in [0.4, 0.5) is 26.7 Å². The van der Waals surface area contributed by atoms with Crippen LogP contribution in [0, 0.1) is 20.2 Å². The molecule has 1 heterocycles. The number of likely N-dealkylation sites (tertiary alicyclic amines) is 1. The van der Waals surface area contributed by atoms with Crippen molar-refractivity contribution in [2.24, 2.45) is 0 Å². The molecule has 0 N–H and O–H groups in total. The van der Waals surface area contributed by atoms with Crippen LogP contribution in [0.15, 0.2) is 78.9 Å². The molecule has 0 spiro atoms. The van der Waals surface area contributed by atoms with Crippen molar-refractivity contribution in [2.45, 2.75) is 32.1 Å². The average Bonchev–Trinajstić information content (AvgIpc) is 3.42. The second-order valence-electron chi connectivity index (χ2n) is 8.89. The van der Waals surface area contributed by atoms with Crippen molar-refractivity contribution < 1.29 is 28.9 Å². The summed E-state index contributed by atoms with van der Waals surface area (Å²) in [5.74, 6) is 0. The lowest BCUT2D eigenvalue weighted by Crippen LogP contribution is -2.45. The molecule has 1 aliphatic heterocycles. The first kappa shape index (κ1) is 27.0. The van der Waals surface area contributed by atoms with Gasteiger partial charge in [-0.05, 0) is 60.4 Å². The summed E-state index contributed by atoms with van der Waals surface area (Å²) in [5, 5.41) is 21.7. The van der Waals surface area contributed by atoms with Crippen molar-refractivity contribution in [1.29, 1.82) is 0 Å². The highest BCUT2D eigenvalue weighted by molar-refractivity contribution is 5.87. The molecular formula is C27H26N4O8. The van der Waals surface area contributed by atoms with Crippen LogP contribution in [-0.2, 0) is 22.7 Å². The van der Waals surface area contributed by atoms with Gasteiger partial charge >= 0.3 is 12.2 Å². The van der Waals surface area contributed by atoms with Gasteiger partial charge < -0.3 is 14.4 Å². The van der Waals surface area contributed by atoms with Gasteiger partial charge in [-0.1, -0.05) is 18.2 Å². The maximum atomic E-state index is 13.2. The average molecular weight is 535 g/mol. The summed E-state index contributed by atoms with van der Waals surface area (Å²) >= 11 is 0. The van der Waals surface area contributed by atoms with Gasteiger partial charge in [-0.15, -0.1) is 0 Å². The third-order valence-corrected chi connectivity index (χ3v) is 6.31. The maximum Gasteiger partial charge on any atom is 0.414 e. The fraction of sp³-hybridized carbons (Fsp3) is 0.259. The summed E-state index contributed by atoms with van der Waals surface area (Å²) in [6, 6.07) is 20.1. The van der Waals surface area contributed by atoms with E-state index < -0.39 is 22.0 Å². The van der Waals surface area contributed by atoms with Crippen LogP contribution in [0.3, 0.4) is 0 Å². The topological polar surface area (TPSA) is 145 Å². The molecule has 1 fully saturated rings. The van der Waals surface area contributed by atoms with E-state index >= 15 is 0 Å². The first-order valence-corrected chi connectivity index (χ1v) is 12.2. The molecule has 39 heavy (non-hydrogen) atoms. The van der Waals surface area contributed by atoms with E-state index in [2.05, 4.69) is 0 Å². The van der Waals surface area contributed by atoms with E-state index in [0.717, 1.165) is 6.42 Å². The number of nitro groups is 2. The van der Waals surface area contributed by atoms with Crippen molar-refractivity contribution in [2.75, 3.05) is 18.0 Å². The number of benzene rings is 3. The Hall–Kier alpha value is -5.00. The summed E-state index contributed by atoms with van der Waals surface area (Å²) in [4.78, 5) is 49.8. The molecule has 12 nitrogen and oxygen atoms in total. The van der Waals surface area contributed by atoms with Gasteiger partial charge in [0.25, 0.3) is 11.4 Å². The summed E-state index contributed by atoms with van der Waals surface area (Å²) in [5.41, 5.74) is 1.70. The molecule has 3 aromatic carbocycles. The molecule has 2 amide bonds. The van der Waals surface area contributed by atoms with Gasteiger partial charge in [0.15, 0.2) is 0 Å². The second kappa shape index (κ2) is 12.5. The van der Waals surface area contributed by atoms with E-state index in [4.69, 9.17) is 9.47 Å². The smallest absolute Gasteiger partial charge is 0.414 e. The van der Waals surface area contributed by atoms with Crippen LogP contribution in [0.1, 0.15) is 24.0 Å². The maximum absolute atomic E-state index is 13.2. The third-order valence-electron chi connectivity index (χ3n) is 6.31. The van der Waals surface area contributed by atoms with Crippen molar-refractivity contribution in [3.8, 4) is 0 Å². The SMILES string of the molecule is O=C(OCc1ccc([N+](=O)[O-])cc1)N(CC1CCCN1C(=O)OCc1ccc([N+](=O)[O-])cc1)c1ccccc1. The van der Waals surface area contributed by atoms with Crippen LogP contribution in [0.5, 0.6) is 0 Å². The minimum atomic E-state index is -0.620. The number of hydrogen-bond donors (Lipinski definition) is 0. The predicted octanol–water partition coefficient (Wildman–Crippen LogP) is 5.45. The summed E-state index contributed by atoms with van der Waals surface area (Å²) in [6.07, 6.45) is 0.234. The van der Waals surface area contributed by atoms with Gasteiger partial charge in [0.2, 0.25) is 0 Å². The molecule has 0 radical (unpaired) electrons. The molecule has 0 bridgehead atoms. The van der Waals surface area contributed by atoms with Gasteiger partial charge in [-0.25, -0.2) is 9.59 Å². The van der Waals surface area contributed by atoms with Gasteiger partial charge in [0, 0.05) is 43.0 Å². The molecule has 4 rings (SSSR count). The normalized spacial score (nSPS) is 14.5. The Labute approximate surface area is 223 Å². The Morgan fingerprint density at radius 2 is 1.36 bits per heavy atom. The summed E-state index contributed by atoms with van der Waals surface area (Å²) in [6.45, 7) is 0.519. The van der Waals surface area contributed by atoms with Crippen molar-refractivity contribution >= 4 is 29.2 Å². The highest BCUT2D eigenvalue weighted by atomic mass is 16.6. The van der Waals surface area contributed by atoms with Gasteiger partial charge in [0.05, 0.1) is 15.9 Å². The fourth-order valence-electron chi connectivity index (χ4n) is 4.25. The lowest BCUT2D eigenvalue weighted by molar-refractivity contribution is -0.385. The number of hydrogen-bond acceptors (Lipinski definition) is 8. The van der Waals surface area contributed by atoms with Crippen LogP contribution in [0.25, 0.3) is 0 Å². The molecule has 0 aliphatic carbocycles. The fourth-order valence-corrected chi connectivity index (χ4v) is 4.25. The van der Waals surface area contributed by atoms with E-state index in [9.17, 15) is 29.8 Å². The predicted molar refractivity (Wildman–Crippen MR) is 140 cm³/mol.